The second kappa shape index (κ2) is 7.14. The van der Waals surface area contributed by atoms with Crippen molar-refractivity contribution < 1.29 is 14.3 Å². The number of allylic oxidation sites excluding steroid dienone is 1. The number of carbonyl (C=O) groups is 1. The van der Waals surface area contributed by atoms with Crippen LogP contribution < -0.4 is 10.6 Å². The lowest BCUT2D eigenvalue weighted by atomic mass is 10.0. The molecule has 1 aromatic heterocycles. The topological polar surface area (TPSA) is 74.5 Å². The Hall–Kier alpha value is -1.75. The molecule has 5 nitrogen and oxygen atoms in total. The molecule has 5 heteroatoms. The summed E-state index contributed by atoms with van der Waals surface area (Å²) in [4.78, 5) is 11.8. The third-order valence-electron chi connectivity index (χ3n) is 3.43. The fourth-order valence-corrected chi connectivity index (χ4v) is 2.37. The summed E-state index contributed by atoms with van der Waals surface area (Å²) in [6.45, 7) is 1.87. The molecule has 1 aliphatic rings. The molecule has 3 N–H and O–H groups in total. The monoisotopic (exact) mass is 278 g/mol. The minimum atomic E-state index is -0.696. The average molecular weight is 278 g/mol. The molecule has 0 saturated carbocycles. The molecule has 2 rings (SSSR count). The molecule has 0 unspecified atom stereocenters. The summed E-state index contributed by atoms with van der Waals surface area (Å²) >= 11 is 0. The number of nitrogens with one attached hydrogen (secondary N) is 2. The Morgan fingerprint density at radius 3 is 3.05 bits per heavy atom. The first-order valence-electron chi connectivity index (χ1n) is 7.08. The molecule has 0 radical (unpaired) electrons. The van der Waals surface area contributed by atoms with Gasteiger partial charge in [-0.15, -0.1) is 0 Å². The normalized spacial score (nSPS) is 21.2. The van der Waals surface area contributed by atoms with Crippen LogP contribution in [-0.2, 0) is 0 Å². The number of aliphatic hydroxyl groups is 1. The number of rotatable bonds is 5. The molecule has 3 atom stereocenters. The predicted octanol–water partition coefficient (Wildman–Crippen LogP) is 2.50. The van der Waals surface area contributed by atoms with E-state index in [0.29, 0.717) is 12.2 Å². The van der Waals surface area contributed by atoms with Gasteiger partial charge in [-0.05, 0) is 38.3 Å². The number of urea groups is 1. The quantitative estimate of drug-likeness (QED) is 0.724. The van der Waals surface area contributed by atoms with Crippen LogP contribution >= 0.6 is 0 Å². The molecule has 2 amide bonds. The van der Waals surface area contributed by atoms with Gasteiger partial charge >= 0.3 is 6.03 Å². The second-order valence-corrected chi connectivity index (χ2v) is 5.27. The summed E-state index contributed by atoms with van der Waals surface area (Å²) in [6, 6.07) is 3.37. The van der Waals surface area contributed by atoms with Gasteiger partial charge in [0.1, 0.15) is 11.9 Å². The standard InChI is InChI=1S/C15H22N2O3/c1-11(10-13(18)14-8-5-9-20-14)16-15(19)17-12-6-3-2-4-7-12/h2-3,5,8-9,11-13,18H,4,6-7,10H2,1H3,(H2,16,17,19)/t11-,12+,13+/m1/s1. The smallest absolute Gasteiger partial charge is 0.315 e. The van der Waals surface area contributed by atoms with E-state index in [0.717, 1.165) is 19.3 Å². The lowest BCUT2D eigenvalue weighted by Gasteiger charge is -2.22. The lowest BCUT2D eigenvalue weighted by Crippen LogP contribution is -2.46. The number of furan rings is 1. The number of hydrogen-bond donors (Lipinski definition) is 3. The predicted molar refractivity (Wildman–Crippen MR) is 76.2 cm³/mol. The van der Waals surface area contributed by atoms with Gasteiger partial charge in [0, 0.05) is 18.5 Å². The maximum Gasteiger partial charge on any atom is 0.315 e. The highest BCUT2D eigenvalue weighted by atomic mass is 16.4. The van der Waals surface area contributed by atoms with E-state index < -0.39 is 6.10 Å². The molecule has 0 aromatic carbocycles. The minimum absolute atomic E-state index is 0.130. The van der Waals surface area contributed by atoms with Gasteiger partial charge in [0.2, 0.25) is 0 Å². The van der Waals surface area contributed by atoms with E-state index in [1.165, 1.54) is 6.26 Å². The van der Waals surface area contributed by atoms with Crippen molar-refractivity contribution in [3.63, 3.8) is 0 Å². The van der Waals surface area contributed by atoms with E-state index in [4.69, 9.17) is 4.42 Å². The highest BCUT2D eigenvalue weighted by Crippen LogP contribution is 2.18. The average Bonchev–Trinajstić information content (AvgIpc) is 2.93. The fraction of sp³-hybridized carbons (Fsp3) is 0.533. The molecule has 0 saturated heterocycles. The molecular weight excluding hydrogens is 256 g/mol. The maximum absolute atomic E-state index is 11.8. The van der Waals surface area contributed by atoms with Crippen molar-refractivity contribution in [2.45, 2.75) is 50.8 Å². The van der Waals surface area contributed by atoms with Crippen LogP contribution in [-0.4, -0.2) is 23.2 Å². The Kier molecular flexibility index (Phi) is 5.24. The molecular formula is C15H22N2O3. The lowest BCUT2D eigenvalue weighted by molar-refractivity contribution is 0.129. The zero-order valence-electron chi connectivity index (χ0n) is 11.7. The minimum Gasteiger partial charge on any atom is -0.467 e. The molecule has 0 aliphatic heterocycles. The van der Waals surface area contributed by atoms with Gasteiger partial charge in [-0.3, -0.25) is 0 Å². The molecule has 1 heterocycles. The first-order valence-corrected chi connectivity index (χ1v) is 7.08. The van der Waals surface area contributed by atoms with Crippen LogP contribution in [0.4, 0.5) is 4.79 Å². The molecule has 0 spiro atoms. The third-order valence-corrected chi connectivity index (χ3v) is 3.43. The number of carbonyl (C=O) groups excluding carboxylic acids is 1. The van der Waals surface area contributed by atoms with Crippen LogP contribution in [0.15, 0.2) is 35.0 Å². The first kappa shape index (κ1) is 14.7. The van der Waals surface area contributed by atoms with Gasteiger partial charge in [-0.25, -0.2) is 4.79 Å². The Labute approximate surface area is 119 Å². The largest absolute Gasteiger partial charge is 0.467 e. The van der Waals surface area contributed by atoms with Crippen molar-refractivity contribution >= 4 is 6.03 Å². The van der Waals surface area contributed by atoms with Crippen LogP contribution in [0, 0.1) is 0 Å². The Morgan fingerprint density at radius 2 is 2.40 bits per heavy atom. The molecule has 0 bridgehead atoms. The zero-order valence-corrected chi connectivity index (χ0v) is 11.7. The van der Waals surface area contributed by atoms with Crippen molar-refractivity contribution in [1.29, 1.82) is 0 Å². The summed E-state index contributed by atoms with van der Waals surface area (Å²) < 4.78 is 5.14. The van der Waals surface area contributed by atoms with Crippen molar-refractivity contribution in [3.8, 4) is 0 Å². The van der Waals surface area contributed by atoms with Crippen molar-refractivity contribution in [3.05, 3.63) is 36.3 Å². The van der Waals surface area contributed by atoms with Gasteiger partial charge in [-0.2, -0.15) is 0 Å². The second-order valence-electron chi connectivity index (χ2n) is 5.27. The number of amides is 2. The highest BCUT2D eigenvalue weighted by molar-refractivity contribution is 5.74. The molecule has 20 heavy (non-hydrogen) atoms. The van der Waals surface area contributed by atoms with E-state index in [1.807, 2.05) is 6.92 Å². The highest BCUT2D eigenvalue weighted by Gasteiger charge is 2.18. The van der Waals surface area contributed by atoms with Crippen LogP contribution in [0.5, 0.6) is 0 Å². The Morgan fingerprint density at radius 1 is 1.55 bits per heavy atom. The number of hydrogen-bond acceptors (Lipinski definition) is 3. The summed E-state index contributed by atoms with van der Waals surface area (Å²) in [6.07, 6.45) is 8.36. The van der Waals surface area contributed by atoms with Crippen molar-refractivity contribution in [2.75, 3.05) is 0 Å². The van der Waals surface area contributed by atoms with Gasteiger partial charge < -0.3 is 20.2 Å². The van der Waals surface area contributed by atoms with Crippen molar-refractivity contribution in [2.24, 2.45) is 0 Å². The van der Waals surface area contributed by atoms with Crippen molar-refractivity contribution in [1.82, 2.24) is 10.6 Å². The summed E-state index contributed by atoms with van der Waals surface area (Å²) in [7, 11) is 0. The Bertz CT molecular complexity index is 442. The van der Waals surface area contributed by atoms with Gasteiger partial charge in [-0.1, -0.05) is 12.2 Å². The fourth-order valence-electron chi connectivity index (χ4n) is 2.37. The summed E-state index contributed by atoms with van der Waals surface area (Å²) in [5.74, 6) is 0.525. The van der Waals surface area contributed by atoms with Crippen LogP contribution in [0.3, 0.4) is 0 Å². The summed E-state index contributed by atoms with van der Waals surface area (Å²) in [5, 5.41) is 15.7. The van der Waals surface area contributed by atoms with Gasteiger partial charge in [0.05, 0.1) is 6.26 Å². The van der Waals surface area contributed by atoms with E-state index >= 15 is 0 Å². The molecule has 0 fully saturated rings. The first-order chi connectivity index (χ1) is 9.65. The summed E-state index contributed by atoms with van der Waals surface area (Å²) in [5.41, 5.74) is 0. The van der Waals surface area contributed by atoms with Gasteiger partial charge in [0.25, 0.3) is 0 Å². The van der Waals surface area contributed by atoms with Gasteiger partial charge in [0.15, 0.2) is 0 Å². The van der Waals surface area contributed by atoms with E-state index in [2.05, 4.69) is 22.8 Å². The Balaban J connectivity index is 1.72. The van der Waals surface area contributed by atoms with E-state index in [-0.39, 0.29) is 18.1 Å². The van der Waals surface area contributed by atoms with Crippen LogP contribution in [0.2, 0.25) is 0 Å². The third kappa shape index (κ3) is 4.42. The van der Waals surface area contributed by atoms with Crippen LogP contribution in [0.1, 0.15) is 44.5 Å². The van der Waals surface area contributed by atoms with E-state index in [1.54, 1.807) is 12.1 Å². The van der Waals surface area contributed by atoms with Crippen LogP contribution in [0.25, 0.3) is 0 Å². The zero-order chi connectivity index (χ0) is 14.4. The molecule has 1 aromatic rings. The van der Waals surface area contributed by atoms with E-state index in [9.17, 15) is 9.90 Å². The number of aliphatic hydroxyl groups excluding tert-OH is 1. The maximum atomic E-state index is 11.8. The molecule has 1 aliphatic carbocycles. The molecule has 110 valence electrons. The SMILES string of the molecule is C[C@H](C[C@H](O)c1ccco1)NC(=O)N[C@H]1CC=CCC1.